The van der Waals surface area contributed by atoms with E-state index in [9.17, 15) is 0 Å². The molecule has 0 fully saturated rings. The van der Waals surface area contributed by atoms with Crippen LogP contribution in [0.5, 0.6) is 0 Å². The van der Waals surface area contributed by atoms with Gasteiger partial charge in [-0.25, -0.2) is 0 Å². The largest absolute Gasteiger partial charge is 0.380 e. The molecule has 0 unspecified atom stereocenters. The van der Waals surface area contributed by atoms with Gasteiger partial charge in [-0.3, -0.25) is 4.99 Å². The van der Waals surface area contributed by atoms with E-state index in [2.05, 4.69) is 20.8 Å². The zero-order valence-electron chi connectivity index (χ0n) is 13.4. The quantitative estimate of drug-likeness (QED) is 0.297. The van der Waals surface area contributed by atoms with Crippen molar-refractivity contribution in [1.82, 2.24) is 15.8 Å². The summed E-state index contributed by atoms with van der Waals surface area (Å²) in [7, 11) is 0. The first-order valence-electron chi connectivity index (χ1n) is 7.20. The molecule has 0 aliphatic carbocycles. The molecule has 0 atom stereocenters. The van der Waals surface area contributed by atoms with Gasteiger partial charge in [0.15, 0.2) is 5.96 Å². The van der Waals surface area contributed by atoms with E-state index < -0.39 is 0 Å². The Balaban J connectivity index is 0.00000400. The van der Waals surface area contributed by atoms with Crippen LogP contribution in [0.25, 0.3) is 0 Å². The van der Waals surface area contributed by atoms with E-state index in [1.807, 2.05) is 27.7 Å². The fraction of sp³-hybridized carbons (Fsp3) is 0.714. The summed E-state index contributed by atoms with van der Waals surface area (Å²) in [6.45, 7) is 11.6. The Morgan fingerprint density at radius 1 is 1.29 bits per heavy atom. The predicted molar refractivity (Wildman–Crippen MR) is 95.6 cm³/mol. The van der Waals surface area contributed by atoms with Crippen molar-refractivity contribution < 1.29 is 9.26 Å². The van der Waals surface area contributed by atoms with Gasteiger partial charge in [0.2, 0.25) is 0 Å². The zero-order valence-corrected chi connectivity index (χ0v) is 15.7. The van der Waals surface area contributed by atoms with Gasteiger partial charge in [-0.05, 0) is 34.1 Å². The molecule has 0 aliphatic rings. The van der Waals surface area contributed by atoms with Gasteiger partial charge in [0.05, 0.1) is 18.8 Å². The first kappa shape index (κ1) is 20.2. The van der Waals surface area contributed by atoms with Gasteiger partial charge in [-0.15, -0.1) is 24.0 Å². The number of ether oxygens (including phenoxy) is 1. The highest BCUT2D eigenvalue weighted by molar-refractivity contribution is 14.0. The third-order valence-electron chi connectivity index (χ3n) is 2.90. The van der Waals surface area contributed by atoms with E-state index in [4.69, 9.17) is 9.26 Å². The SMILES string of the molecule is CCNC(=NCCOCC)NCCc1c(C)noc1C.I. The maximum absolute atomic E-state index is 5.27. The highest BCUT2D eigenvalue weighted by Gasteiger charge is 2.08. The highest BCUT2D eigenvalue weighted by Crippen LogP contribution is 2.11. The molecule has 1 rings (SSSR count). The smallest absolute Gasteiger partial charge is 0.191 e. The number of nitrogens with zero attached hydrogens (tertiary/aromatic N) is 2. The average Bonchev–Trinajstić information content (AvgIpc) is 2.75. The summed E-state index contributed by atoms with van der Waals surface area (Å²) in [6, 6.07) is 0. The summed E-state index contributed by atoms with van der Waals surface area (Å²) < 4.78 is 10.4. The molecule has 0 amide bonds. The molecule has 122 valence electrons. The van der Waals surface area contributed by atoms with Gasteiger partial charge >= 0.3 is 0 Å². The third kappa shape index (κ3) is 7.66. The standard InChI is InChI=1S/C14H26N4O2.HI/c1-5-15-14(17-9-10-19-6-2)16-8-7-13-11(3)18-20-12(13)4;/h5-10H2,1-4H3,(H2,15,16,17);1H. The van der Waals surface area contributed by atoms with Crippen LogP contribution in [-0.4, -0.2) is 44.0 Å². The first-order valence-corrected chi connectivity index (χ1v) is 7.20. The van der Waals surface area contributed by atoms with Crippen LogP contribution in [0.2, 0.25) is 0 Å². The molecule has 0 aromatic carbocycles. The van der Waals surface area contributed by atoms with Crippen molar-refractivity contribution in [3.8, 4) is 0 Å². The van der Waals surface area contributed by atoms with Gasteiger partial charge in [-0.1, -0.05) is 5.16 Å². The van der Waals surface area contributed by atoms with Crippen LogP contribution in [0.3, 0.4) is 0 Å². The molecule has 2 N–H and O–H groups in total. The molecule has 1 heterocycles. The van der Waals surface area contributed by atoms with Gasteiger partial charge in [0.25, 0.3) is 0 Å². The normalized spacial score (nSPS) is 11.1. The van der Waals surface area contributed by atoms with Gasteiger partial charge in [0.1, 0.15) is 5.76 Å². The molecule has 0 aliphatic heterocycles. The molecule has 0 radical (unpaired) electrons. The fourth-order valence-electron chi connectivity index (χ4n) is 1.87. The number of guanidine groups is 1. The van der Waals surface area contributed by atoms with Crippen molar-refractivity contribution in [3.05, 3.63) is 17.0 Å². The van der Waals surface area contributed by atoms with Gasteiger partial charge in [0, 0.05) is 25.3 Å². The minimum absolute atomic E-state index is 0. The Bertz CT molecular complexity index is 402. The van der Waals surface area contributed by atoms with Gasteiger partial charge in [-0.2, -0.15) is 0 Å². The lowest BCUT2D eigenvalue weighted by Gasteiger charge is -2.11. The Labute approximate surface area is 144 Å². The molecule has 1 aromatic heterocycles. The molecule has 6 nitrogen and oxygen atoms in total. The van der Waals surface area contributed by atoms with E-state index in [1.54, 1.807) is 0 Å². The average molecular weight is 410 g/mol. The van der Waals surface area contributed by atoms with E-state index in [0.717, 1.165) is 43.5 Å². The van der Waals surface area contributed by atoms with E-state index in [1.165, 1.54) is 5.56 Å². The van der Waals surface area contributed by atoms with Crippen LogP contribution < -0.4 is 10.6 Å². The van der Waals surface area contributed by atoms with Crippen LogP contribution in [-0.2, 0) is 11.2 Å². The minimum atomic E-state index is 0. The predicted octanol–water partition coefficient (Wildman–Crippen LogP) is 2.04. The second-order valence-electron chi connectivity index (χ2n) is 4.44. The van der Waals surface area contributed by atoms with Crippen LogP contribution in [0, 0.1) is 13.8 Å². The lowest BCUT2D eigenvalue weighted by atomic mass is 10.1. The Morgan fingerprint density at radius 2 is 2.05 bits per heavy atom. The maximum atomic E-state index is 5.27. The third-order valence-corrected chi connectivity index (χ3v) is 2.90. The number of aryl methyl sites for hydroxylation is 2. The van der Waals surface area contributed by atoms with E-state index in [-0.39, 0.29) is 24.0 Å². The lowest BCUT2D eigenvalue weighted by Crippen LogP contribution is -2.38. The van der Waals surface area contributed by atoms with Crippen LogP contribution in [0.4, 0.5) is 0 Å². The second kappa shape index (κ2) is 11.8. The Kier molecular flexibility index (Phi) is 11.3. The monoisotopic (exact) mass is 410 g/mol. The van der Waals surface area contributed by atoms with Crippen molar-refractivity contribution in [2.45, 2.75) is 34.1 Å². The number of aromatic nitrogens is 1. The number of nitrogens with one attached hydrogen (secondary N) is 2. The second-order valence-corrected chi connectivity index (χ2v) is 4.44. The molecule has 7 heteroatoms. The Morgan fingerprint density at radius 3 is 2.62 bits per heavy atom. The molecule has 21 heavy (non-hydrogen) atoms. The topological polar surface area (TPSA) is 71.7 Å². The highest BCUT2D eigenvalue weighted by atomic mass is 127. The summed E-state index contributed by atoms with van der Waals surface area (Å²) in [5, 5.41) is 10.5. The summed E-state index contributed by atoms with van der Waals surface area (Å²) in [5.41, 5.74) is 2.13. The molecule has 0 spiro atoms. The van der Waals surface area contributed by atoms with Crippen LogP contribution >= 0.6 is 24.0 Å². The van der Waals surface area contributed by atoms with Crippen molar-refractivity contribution >= 4 is 29.9 Å². The molecule has 0 bridgehead atoms. The maximum Gasteiger partial charge on any atom is 0.191 e. The molecular weight excluding hydrogens is 383 g/mol. The van der Waals surface area contributed by atoms with Crippen molar-refractivity contribution in [2.75, 3.05) is 32.8 Å². The molecule has 1 aromatic rings. The van der Waals surface area contributed by atoms with E-state index >= 15 is 0 Å². The zero-order chi connectivity index (χ0) is 14.8. The minimum Gasteiger partial charge on any atom is -0.380 e. The molecule has 0 saturated carbocycles. The molecule has 0 saturated heterocycles. The number of halogens is 1. The lowest BCUT2D eigenvalue weighted by molar-refractivity contribution is 0.155. The van der Waals surface area contributed by atoms with Crippen molar-refractivity contribution in [2.24, 2.45) is 4.99 Å². The van der Waals surface area contributed by atoms with E-state index in [0.29, 0.717) is 13.2 Å². The van der Waals surface area contributed by atoms with Crippen molar-refractivity contribution in [1.29, 1.82) is 0 Å². The molecular formula is C14H27IN4O2. The van der Waals surface area contributed by atoms with Crippen LogP contribution in [0.15, 0.2) is 9.52 Å². The fourth-order valence-corrected chi connectivity index (χ4v) is 1.87. The van der Waals surface area contributed by atoms with Crippen LogP contribution in [0.1, 0.15) is 30.9 Å². The number of aliphatic imine (C=N–C) groups is 1. The Hall–Kier alpha value is -0.830. The number of hydrogen-bond donors (Lipinski definition) is 2. The van der Waals surface area contributed by atoms with Gasteiger partial charge < -0.3 is 19.9 Å². The summed E-state index contributed by atoms with van der Waals surface area (Å²) >= 11 is 0. The summed E-state index contributed by atoms with van der Waals surface area (Å²) in [6.07, 6.45) is 0.872. The number of rotatable bonds is 8. The summed E-state index contributed by atoms with van der Waals surface area (Å²) in [5.74, 6) is 1.71. The summed E-state index contributed by atoms with van der Waals surface area (Å²) in [4.78, 5) is 4.45. The number of hydrogen-bond acceptors (Lipinski definition) is 4. The first-order chi connectivity index (χ1) is 9.69. The van der Waals surface area contributed by atoms with Crippen molar-refractivity contribution in [3.63, 3.8) is 0 Å².